The van der Waals surface area contributed by atoms with Crippen LogP contribution in [0.5, 0.6) is 5.75 Å². The van der Waals surface area contributed by atoms with Crippen molar-refractivity contribution in [3.63, 3.8) is 0 Å². The summed E-state index contributed by atoms with van der Waals surface area (Å²) < 4.78 is 37.9. The van der Waals surface area contributed by atoms with Gasteiger partial charge in [-0.25, -0.2) is 0 Å². The van der Waals surface area contributed by atoms with Crippen molar-refractivity contribution in [2.24, 2.45) is 5.16 Å². The van der Waals surface area contributed by atoms with Gasteiger partial charge in [-0.15, -0.1) is 0 Å². The average Bonchev–Trinajstić information content (AvgIpc) is 2.74. The number of hydrogen-bond donors (Lipinski definition) is 2. The first-order chi connectivity index (χ1) is 10.7. The first-order valence-electron chi connectivity index (χ1n) is 7.14. The van der Waals surface area contributed by atoms with Crippen LogP contribution < -0.4 is 0 Å². The molecule has 1 saturated heterocycles. The van der Waals surface area contributed by atoms with Crippen LogP contribution in [0.1, 0.15) is 41.9 Å². The van der Waals surface area contributed by atoms with Crippen molar-refractivity contribution in [3.8, 4) is 5.75 Å². The molecule has 1 amide bonds. The molecule has 1 aliphatic carbocycles. The highest BCUT2D eigenvalue weighted by molar-refractivity contribution is 6.01. The molecule has 124 valence electrons. The number of alkyl halides is 3. The van der Waals surface area contributed by atoms with Crippen molar-refractivity contribution in [1.82, 2.24) is 4.90 Å². The first kappa shape index (κ1) is 15.6. The summed E-state index contributed by atoms with van der Waals surface area (Å²) in [5, 5.41) is 21.9. The molecular formula is C15H15F3N2O3. The molecule has 8 heteroatoms. The van der Waals surface area contributed by atoms with E-state index in [4.69, 9.17) is 5.21 Å². The standard InChI is InChI=1S/C15H15F3N2O3/c1-7(19-23)10-3-11-8-2-9(12(11)4-13(10)21)6-20(5-8)14(22)15(16,17)18/h3-4,8-9,21,23H,2,5-6H2,1H3/b19-7+. The molecule has 0 saturated carbocycles. The molecule has 3 rings (SSSR count). The van der Waals surface area contributed by atoms with E-state index in [1.165, 1.54) is 13.0 Å². The summed E-state index contributed by atoms with van der Waals surface area (Å²) in [7, 11) is 0. The number of piperidine rings is 1. The molecular weight excluding hydrogens is 313 g/mol. The van der Waals surface area contributed by atoms with Gasteiger partial charge in [0, 0.05) is 30.5 Å². The molecule has 5 nitrogen and oxygen atoms in total. The summed E-state index contributed by atoms with van der Waals surface area (Å²) in [6, 6.07) is 3.15. The number of phenols is 1. The maximum atomic E-state index is 12.6. The Kier molecular flexibility index (Phi) is 3.50. The Labute approximate surface area is 130 Å². The van der Waals surface area contributed by atoms with Gasteiger partial charge in [-0.1, -0.05) is 5.16 Å². The quantitative estimate of drug-likeness (QED) is 0.473. The van der Waals surface area contributed by atoms with Gasteiger partial charge in [-0.2, -0.15) is 13.2 Å². The Bertz CT molecular complexity index is 700. The summed E-state index contributed by atoms with van der Waals surface area (Å²) in [5.41, 5.74) is 2.13. The summed E-state index contributed by atoms with van der Waals surface area (Å²) >= 11 is 0. The van der Waals surface area contributed by atoms with E-state index in [1.54, 1.807) is 6.07 Å². The topological polar surface area (TPSA) is 73.1 Å². The minimum absolute atomic E-state index is 0.00136. The highest BCUT2D eigenvalue weighted by Gasteiger charge is 2.47. The van der Waals surface area contributed by atoms with Crippen LogP contribution in [0.15, 0.2) is 17.3 Å². The molecule has 23 heavy (non-hydrogen) atoms. The number of hydrogen-bond acceptors (Lipinski definition) is 4. The van der Waals surface area contributed by atoms with Gasteiger partial charge in [-0.3, -0.25) is 4.79 Å². The van der Waals surface area contributed by atoms with Crippen molar-refractivity contribution in [3.05, 3.63) is 28.8 Å². The number of carbonyl (C=O) groups is 1. The zero-order chi connectivity index (χ0) is 16.9. The van der Waals surface area contributed by atoms with Gasteiger partial charge in [0.25, 0.3) is 0 Å². The number of amides is 1. The number of nitrogens with zero attached hydrogens (tertiary/aromatic N) is 2. The maximum Gasteiger partial charge on any atom is 0.471 e. The number of oxime groups is 1. The van der Waals surface area contributed by atoms with Crippen molar-refractivity contribution in [1.29, 1.82) is 0 Å². The lowest BCUT2D eigenvalue weighted by molar-refractivity contribution is -0.186. The number of halogens is 3. The van der Waals surface area contributed by atoms with Crippen LogP contribution in [0.25, 0.3) is 0 Å². The Hall–Kier alpha value is -2.25. The van der Waals surface area contributed by atoms with E-state index >= 15 is 0 Å². The normalized spacial score (nSPS) is 23.8. The van der Waals surface area contributed by atoms with Crippen LogP contribution in [-0.2, 0) is 4.79 Å². The fourth-order valence-corrected chi connectivity index (χ4v) is 3.57. The van der Waals surface area contributed by atoms with Crippen molar-refractivity contribution in [2.45, 2.75) is 31.4 Å². The fraction of sp³-hybridized carbons (Fsp3) is 0.467. The third-order valence-corrected chi connectivity index (χ3v) is 4.60. The SMILES string of the molecule is C/C(=N\O)c1cc2c(cc1O)C1CC2CN(C(=O)C(F)(F)F)C1. The largest absolute Gasteiger partial charge is 0.507 e. The van der Waals surface area contributed by atoms with E-state index in [2.05, 4.69) is 5.16 Å². The third-order valence-electron chi connectivity index (χ3n) is 4.60. The van der Waals surface area contributed by atoms with Gasteiger partial charge in [-0.05, 0) is 36.6 Å². The third kappa shape index (κ3) is 2.51. The molecule has 1 aromatic rings. The maximum absolute atomic E-state index is 12.6. The Morgan fingerprint density at radius 3 is 2.35 bits per heavy atom. The van der Waals surface area contributed by atoms with Crippen LogP contribution in [0.2, 0.25) is 0 Å². The average molecular weight is 328 g/mol. The molecule has 2 aliphatic rings. The molecule has 1 heterocycles. The Balaban J connectivity index is 1.96. The van der Waals surface area contributed by atoms with Crippen LogP contribution >= 0.6 is 0 Å². The van der Waals surface area contributed by atoms with E-state index in [0.717, 1.165) is 16.0 Å². The minimum Gasteiger partial charge on any atom is -0.507 e. The number of phenolic OH excluding ortho intramolecular Hbond substituents is 1. The summed E-state index contributed by atoms with van der Waals surface area (Å²) in [5.74, 6) is -2.33. The van der Waals surface area contributed by atoms with Crippen LogP contribution in [0.3, 0.4) is 0 Å². The molecule has 2 bridgehead atoms. The molecule has 2 unspecified atom stereocenters. The zero-order valence-electron chi connectivity index (χ0n) is 12.3. The van der Waals surface area contributed by atoms with Crippen molar-refractivity contribution >= 4 is 11.6 Å². The lowest BCUT2D eigenvalue weighted by Gasteiger charge is -2.32. The fourth-order valence-electron chi connectivity index (χ4n) is 3.57. The first-order valence-corrected chi connectivity index (χ1v) is 7.14. The number of likely N-dealkylation sites (tertiary alicyclic amines) is 1. The minimum atomic E-state index is -4.88. The lowest BCUT2D eigenvalue weighted by atomic mass is 9.95. The van der Waals surface area contributed by atoms with E-state index in [9.17, 15) is 23.1 Å². The second-order valence-corrected chi connectivity index (χ2v) is 6.02. The second kappa shape index (κ2) is 5.14. The monoisotopic (exact) mass is 328 g/mol. The van der Waals surface area contributed by atoms with Gasteiger partial charge in [0.15, 0.2) is 0 Å². The van der Waals surface area contributed by atoms with Gasteiger partial charge >= 0.3 is 12.1 Å². The Morgan fingerprint density at radius 2 is 1.83 bits per heavy atom. The van der Waals surface area contributed by atoms with Gasteiger partial charge in [0.1, 0.15) is 5.75 Å². The van der Waals surface area contributed by atoms with Crippen LogP contribution in [0.4, 0.5) is 13.2 Å². The molecule has 0 aromatic heterocycles. The van der Waals surface area contributed by atoms with Gasteiger partial charge < -0.3 is 15.2 Å². The molecule has 1 aliphatic heterocycles. The smallest absolute Gasteiger partial charge is 0.471 e. The second-order valence-electron chi connectivity index (χ2n) is 6.02. The number of fused-ring (bicyclic) bond motifs is 5. The zero-order valence-corrected chi connectivity index (χ0v) is 12.3. The van der Waals surface area contributed by atoms with Crippen molar-refractivity contribution < 1.29 is 28.3 Å². The van der Waals surface area contributed by atoms with Gasteiger partial charge in [0.2, 0.25) is 0 Å². The highest BCUT2D eigenvalue weighted by atomic mass is 19.4. The molecule has 0 radical (unpaired) electrons. The van der Waals surface area contributed by atoms with Crippen LogP contribution in [0, 0.1) is 0 Å². The van der Waals surface area contributed by atoms with E-state index in [-0.39, 0.29) is 36.4 Å². The predicted octanol–water partition coefficient (Wildman–Crippen LogP) is 2.57. The summed E-state index contributed by atoms with van der Waals surface area (Å²) in [6.45, 7) is 1.51. The highest BCUT2D eigenvalue weighted by Crippen LogP contribution is 2.48. The number of rotatable bonds is 1. The number of carbonyl (C=O) groups excluding carboxylic acids is 1. The molecule has 2 N–H and O–H groups in total. The summed E-state index contributed by atoms with van der Waals surface area (Å²) in [4.78, 5) is 12.3. The van der Waals surface area contributed by atoms with E-state index < -0.39 is 12.1 Å². The predicted molar refractivity (Wildman–Crippen MR) is 74.8 cm³/mol. The van der Waals surface area contributed by atoms with Gasteiger partial charge in [0.05, 0.1) is 5.71 Å². The molecule has 0 spiro atoms. The molecule has 1 fully saturated rings. The van der Waals surface area contributed by atoms with E-state index in [1.807, 2.05) is 0 Å². The van der Waals surface area contributed by atoms with Crippen LogP contribution in [-0.4, -0.2) is 46.1 Å². The number of aromatic hydroxyl groups is 1. The number of benzene rings is 1. The van der Waals surface area contributed by atoms with E-state index in [0.29, 0.717) is 12.0 Å². The Morgan fingerprint density at radius 1 is 1.26 bits per heavy atom. The lowest BCUT2D eigenvalue weighted by Crippen LogP contribution is -2.46. The van der Waals surface area contributed by atoms with Crippen molar-refractivity contribution in [2.75, 3.05) is 13.1 Å². The summed E-state index contributed by atoms with van der Waals surface area (Å²) in [6.07, 6.45) is -4.23. The molecule has 1 aromatic carbocycles. The molecule has 2 atom stereocenters.